The molecule has 8 heteroatoms. The lowest BCUT2D eigenvalue weighted by Crippen LogP contribution is -2.51. The molecule has 2 aromatic heterocycles. The summed E-state index contributed by atoms with van der Waals surface area (Å²) in [6.45, 7) is 1.97. The van der Waals surface area contributed by atoms with Crippen molar-refractivity contribution in [3.63, 3.8) is 0 Å². The highest BCUT2D eigenvalue weighted by molar-refractivity contribution is 6.31. The average molecular weight is 493 g/mol. The van der Waals surface area contributed by atoms with Crippen molar-refractivity contribution in [2.75, 3.05) is 5.32 Å². The number of hydrogen-bond donors (Lipinski definition) is 2. The molecule has 2 amide bonds. The molecule has 0 bridgehead atoms. The molecule has 1 atom stereocenters. The monoisotopic (exact) mass is 492 g/mol. The van der Waals surface area contributed by atoms with Crippen LogP contribution in [0.15, 0.2) is 66.9 Å². The molecule has 1 saturated heterocycles. The average Bonchev–Trinajstić information content (AvgIpc) is 3.18. The number of amides is 2. The molecule has 2 N–H and O–H groups in total. The lowest BCUT2D eigenvalue weighted by atomic mass is 9.72. The van der Waals surface area contributed by atoms with E-state index in [2.05, 4.69) is 10.6 Å². The second-order valence-corrected chi connectivity index (χ2v) is 9.28. The van der Waals surface area contributed by atoms with Gasteiger partial charge in [-0.05, 0) is 54.8 Å². The van der Waals surface area contributed by atoms with Gasteiger partial charge in [0.2, 0.25) is 11.8 Å². The molecule has 5 rings (SSSR count). The van der Waals surface area contributed by atoms with Crippen LogP contribution >= 0.6 is 23.2 Å². The number of piperidine rings is 1. The van der Waals surface area contributed by atoms with Crippen molar-refractivity contribution in [2.45, 2.75) is 31.6 Å². The van der Waals surface area contributed by atoms with Crippen LogP contribution in [0.3, 0.4) is 0 Å². The molecule has 2 aromatic carbocycles. The Morgan fingerprint density at radius 2 is 1.71 bits per heavy atom. The van der Waals surface area contributed by atoms with Crippen molar-refractivity contribution in [1.82, 2.24) is 14.7 Å². The van der Waals surface area contributed by atoms with E-state index in [4.69, 9.17) is 28.2 Å². The van der Waals surface area contributed by atoms with Crippen LogP contribution in [0, 0.1) is 0 Å². The number of rotatable bonds is 5. The Morgan fingerprint density at radius 3 is 2.38 bits per heavy atom. The zero-order valence-corrected chi connectivity index (χ0v) is 20.0. The number of halogens is 2. The summed E-state index contributed by atoms with van der Waals surface area (Å²) in [6, 6.07) is 18.9. The Hall–Kier alpha value is -3.35. The van der Waals surface area contributed by atoms with Crippen LogP contribution < -0.4 is 10.6 Å². The Labute approximate surface area is 206 Å². The molecule has 4 aromatic rings. The third-order valence-electron chi connectivity index (χ3n) is 6.47. The van der Waals surface area contributed by atoms with Gasteiger partial charge < -0.3 is 5.32 Å². The molecular weight excluding hydrogens is 471 g/mol. The number of carbonyl (C=O) groups excluding carboxylic acids is 2. The highest BCUT2D eigenvalue weighted by atomic mass is 35.5. The summed E-state index contributed by atoms with van der Waals surface area (Å²) in [7, 11) is 0. The fourth-order valence-corrected chi connectivity index (χ4v) is 4.81. The number of fused-ring (bicyclic) bond motifs is 1. The number of carbonyl (C=O) groups is 2. The van der Waals surface area contributed by atoms with E-state index in [1.807, 2.05) is 72.1 Å². The molecule has 1 fully saturated rings. The molecule has 0 radical (unpaired) electrons. The van der Waals surface area contributed by atoms with Gasteiger partial charge in [0.1, 0.15) is 17.2 Å². The summed E-state index contributed by atoms with van der Waals surface area (Å²) in [6.07, 6.45) is 3.28. The molecular formula is C26H22Cl2N4O2. The molecule has 6 nitrogen and oxygen atoms in total. The molecule has 172 valence electrons. The number of imidazole rings is 1. The van der Waals surface area contributed by atoms with Crippen molar-refractivity contribution >= 4 is 52.2 Å². The van der Waals surface area contributed by atoms with Crippen molar-refractivity contribution in [3.8, 4) is 11.3 Å². The van der Waals surface area contributed by atoms with Crippen LogP contribution in [-0.2, 0) is 15.0 Å². The normalized spacial score (nSPS) is 18.2. The predicted molar refractivity (Wildman–Crippen MR) is 135 cm³/mol. The second-order valence-electron chi connectivity index (χ2n) is 8.41. The maximum atomic E-state index is 12.7. The van der Waals surface area contributed by atoms with Gasteiger partial charge in [-0.2, -0.15) is 0 Å². The number of benzene rings is 2. The quantitative estimate of drug-likeness (QED) is 0.328. The molecule has 1 aliphatic heterocycles. The molecule has 0 aliphatic carbocycles. The third kappa shape index (κ3) is 3.93. The van der Waals surface area contributed by atoms with Crippen LogP contribution in [0.2, 0.25) is 10.0 Å². The van der Waals surface area contributed by atoms with Gasteiger partial charge in [-0.3, -0.25) is 19.3 Å². The minimum Gasteiger partial charge on any atom is -0.339 e. The summed E-state index contributed by atoms with van der Waals surface area (Å²) in [4.78, 5) is 29.2. The van der Waals surface area contributed by atoms with Gasteiger partial charge in [0.25, 0.3) is 0 Å². The van der Waals surface area contributed by atoms with Crippen molar-refractivity contribution in [1.29, 1.82) is 0 Å². The number of anilines is 2. The molecule has 0 saturated carbocycles. The second kappa shape index (κ2) is 8.78. The molecule has 34 heavy (non-hydrogen) atoms. The standard InChI is InChI=1S/C26H22Cl2N4O2/c1-2-26(14-13-22(33)31-25(26)34)17-5-10-20(11-6-17)29-24-23(16-3-7-18(27)8-4-16)30-21-12-9-19(28)15-32(21)24/h3-12,15,29H,2,13-14H2,1H3,(H,31,33,34). The van der Waals surface area contributed by atoms with E-state index in [0.717, 1.165) is 34.0 Å². The zero-order valence-electron chi connectivity index (χ0n) is 18.4. The summed E-state index contributed by atoms with van der Waals surface area (Å²) in [5.41, 5.74) is 3.46. The number of aromatic nitrogens is 2. The first-order valence-electron chi connectivity index (χ1n) is 11.0. The maximum absolute atomic E-state index is 12.7. The van der Waals surface area contributed by atoms with Gasteiger partial charge in [0.05, 0.1) is 10.4 Å². The van der Waals surface area contributed by atoms with Gasteiger partial charge in [-0.25, -0.2) is 4.98 Å². The number of imide groups is 1. The van der Waals surface area contributed by atoms with Gasteiger partial charge in [0, 0.05) is 28.9 Å². The van der Waals surface area contributed by atoms with Crippen molar-refractivity contribution < 1.29 is 9.59 Å². The molecule has 1 unspecified atom stereocenters. The van der Waals surface area contributed by atoms with E-state index in [9.17, 15) is 9.59 Å². The molecule has 3 heterocycles. The fourth-order valence-electron chi connectivity index (χ4n) is 4.52. The van der Waals surface area contributed by atoms with Crippen LogP contribution in [0.1, 0.15) is 31.7 Å². The smallest absolute Gasteiger partial charge is 0.237 e. The lowest BCUT2D eigenvalue weighted by molar-refractivity contribution is -0.138. The number of pyridine rings is 1. The first-order chi connectivity index (χ1) is 16.4. The van der Waals surface area contributed by atoms with Gasteiger partial charge in [-0.15, -0.1) is 0 Å². The molecule has 0 spiro atoms. The minimum absolute atomic E-state index is 0.214. The van der Waals surface area contributed by atoms with E-state index in [-0.39, 0.29) is 11.8 Å². The summed E-state index contributed by atoms with van der Waals surface area (Å²) < 4.78 is 1.91. The number of nitrogens with zero attached hydrogens (tertiary/aromatic N) is 2. The van der Waals surface area contributed by atoms with Crippen LogP contribution in [0.25, 0.3) is 16.9 Å². The van der Waals surface area contributed by atoms with E-state index in [1.54, 1.807) is 6.07 Å². The third-order valence-corrected chi connectivity index (χ3v) is 6.95. The van der Waals surface area contributed by atoms with Crippen molar-refractivity contribution in [3.05, 3.63) is 82.5 Å². The van der Waals surface area contributed by atoms with Crippen molar-refractivity contribution in [2.24, 2.45) is 0 Å². The van der Waals surface area contributed by atoms with E-state index >= 15 is 0 Å². The van der Waals surface area contributed by atoms with Crippen LogP contribution in [-0.4, -0.2) is 21.2 Å². The SMILES string of the molecule is CCC1(c2ccc(Nc3c(-c4ccc(Cl)cc4)nc4ccc(Cl)cn34)cc2)CCC(=O)NC1=O. The highest BCUT2D eigenvalue weighted by Gasteiger charge is 2.42. The Bertz CT molecular complexity index is 1400. The summed E-state index contributed by atoms with van der Waals surface area (Å²) in [5, 5.41) is 7.21. The predicted octanol–water partition coefficient (Wildman–Crippen LogP) is 6.14. The molecule has 1 aliphatic rings. The number of nitrogens with one attached hydrogen (secondary N) is 2. The lowest BCUT2D eigenvalue weighted by Gasteiger charge is -2.35. The Kier molecular flexibility index (Phi) is 5.80. The Morgan fingerprint density at radius 1 is 1.00 bits per heavy atom. The fraction of sp³-hybridized carbons (Fsp3) is 0.192. The maximum Gasteiger partial charge on any atom is 0.237 e. The first kappa shape index (κ1) is 22.4. The van der Waals surface area contributed by atoms with Gasteiger partial charge >= 0.3 is 0 Å². The minimum atomic E-state index is -0.697. The summed E-state index contributed by atoms with van der Waals surface area (Å²) >= 11 is 12.4. The van der Waals surface area contributed by atoms with Gasteiger partial charge in [0.15, 0.2) is 0 Å². The van der Waals surface area contributed by atoms with Gasteiger partial charge in [-0.1, -0.05) is 54.4 Å². The first-order valence-corrected chi connectivity index (χ1v) is 11.8. The zero-order chi connectivity index (χ0) is 23.9. The number of hydrogen-bond acceptors (Lipinski definition) is 4. The van der Waals surface area contributed by atoms with E-state index in [1.165, 1.54) is 0 Å². The highest BCUT2D eigenvalue weighted by Crippen LogP contribution is 2.37. The van der Waals surface area contributed by atoms with Crippen LogP contribution in [0.5, 0.6) is 0 Å². The van der Waals surface area contributed by atoms with Crippen LogP contribution in [0.4, 0.5) is 11.5 Å². The Balaban J connectivity index is 1.53. The largest absolute Gasteiger partial charge is 0.339 e. The summed E-state index contributed by atoms with van der Waals surface area (Å²) in [5.74, 6) is 0.320. The van der Waals surface area contributed by atoms with E-state index < -0.39 is 5.41 Å². The topological polar surface area (TPSA) is 75.5 Å². The van der Waals surface area contributed by atoms with E-state index in [0.29, 0.717) is 29.3 Å².